The molecule has 0 heterocycles. The summed E-state index contributed by atoms with van der Waals surface area (Å²) in [7, 11) is 0. The Morgan fingerprint density at radius 2 is 0.250 bits per heavy atom. The number of nitrogens with zero attached hydrogens (tertiary/aromatic N) is 2. The molecule has 0 aliphatic carbocycles. The lowest BCUT2D eigenvalue weighted by Crippen LogP contribution is -2.10. The second-order valence-electron chi connectivity index (χ2n) is 20.2. The standard InChI is InChI=1S/C78H56N2/c1-5-14-57(15-6-1)61-24-28-63(29-25-61)66-34-46-74(47-35-66)79(75-48-36-67(37-49-75)64-30-26-62(27-31-64)58-16-7-2-8-17-58)76-50-38-68(39-51-76)69-40-52-77(53-41-69)80(73-44-32-65(33-45-73)59-18-9-3-10-19-59)78-54-42-70(43-55-78)72-23-13-22-71(56-72)60-20-11-4-12-21-60/h1-56H. The first-order valence-corrected chi connectivity index (χ1v) is 27.4. The molecule has 13 aromatic rings. The van der Waals surface area contributed by atoms with E-state index in [1.807, 2.05) is 0 Å². The van der Waals surface area contributed by atoms with Crippen LogP contribution in [0.2, 0.25) is 0 Å². The highest BCUT2D eigenvalue weighted by Gasteiger charge is 2.17. The molecule has 0 unspecified atom stereocenters. The van der Waals surface area contributed by atoms with Crippen LogP contribution in [0.1, 0.15) is 0 Å². The maximum atomic E-state index is 2.35. The van der Waals surface area contributed by atoms with Gasteiger partial charge in [0.1, 0.15) is 0 Å². The van der Waals surface area contributed by atoms with Crippen molar-refractivity contribution in [3.05, 3.63) is 340 Å². The van der Waals surface area contributed by atoms with Gasteiger partial charge < -0.3 is 9.80 Å². The van der Waals surface area contributed by atoms with E-state index >= 15 is 0 Å². The van der Waals surface area contributed by atoms with E-state index in [9.17, 15) is 0 Å². The highest BCUT2D eigenvalue weighted by Crippen LogP contribution is 2.41. The lowest BCUT2D eigenvalue weighted by atomic mass is 9.98. The second kappa shape index (κ2) is 22.6. The van der Waals surface area contributed by atoms with Gasteiger partial charge in [-0.1, -0.05) is 261 Å². The molecule has 13 aromatic carbocycles. The number of anilines is 6. The molecule has 0 spiro atoms. The molecule has 0 saturated heterocycles. The third kappa shape index (κ3) is 10.6. The molecule has 0 atom stereocenters. The van der Waals surface area contributed by atoms with Gasteiger partial charge in [-0.2, -0.15) is 0 Å². The third-order valence-electron chi connectivity index (χ3n) is 15.1. The van der Waals surface area contributed by atoms with Crippen LogP contribution in [-0.4, -0.2) is 0 Å². The molecule has 2 nitrogen and oxygen atoms in total. The molecule has 80 heavy (non-hydrogen) atoms. The summed E-state index contributed by atoms with van der Waals surface area (Å²) in [6.07, 6.45) is 0. The van der Waals surface area contributed by atoms with Crippen LogP contribution >= 0.6 is 0 Å². The summed E-state index contributed by atoms with van der Waals surface area (Å²) in [6, 6.07) is 122. The molecule has 0 aliphatic heterocycles. The van der Waals surface area contributed by atoms with Gasteiger partial charge in [-0.05, 0) is 168 Å². The summed E-state index contributed by atoms with van der Waals surface area (Å²) in [6.45, 7) is 0. The van der Waals surface area contributed by atoms with Crippen LogP contribution in [0.15, 0.2) is 340 Å². The average molecular weight is 1020 g/mol. The van der Waals surface area contributed by atoms with E-state index in [0.29, 0.717) is 0 Å². The Hall–Kier alpha value is -10.5. The topological polar surface area (TPSA) is 6.48 Å². The maximum absolute atomic E-state index is 2.35. The average Bonchev–Trinajstić information content (AvgIpc) is 3.56. The predicted octanol–water partition coefficient (Wildman–Crippen LogP) is 22.0. The van der Waals surface area contributed by atoms with E-state index < -0.39 is 0 Å². The number of hydrogen-bond donors (Lipinski definition) is 0. The van der Waals surface area contributed by atoms with Crippen molar-refractivity contribution < 1.29 is 0 Å². The minimum absolute atomic E-state index is 1.07. The van der Waals surface area contributed by atoms with Crippen molar-refractivity contribution in [3.63, 3.8) is 0 Å². The van der Waals surface area contributed by atoms with Crippen LogP contribution in [-0.2, 0) is 0 Å². The zero-order valence-corrected chi connectivity index (χ0v) is 44.2. The number of benzene rings is 13. The molecule has 0 fully saturated rings. The minimum atomic E-state index is 1.07. The summed E-state index contributed by atoms with van der Waals surface area (Å²) < 4.78 is 0. The Morgan fingerprint density at radius 3 is 0.450 bits per heavy atom. The van der Waals surface area contributed by atoms with Gasteiger partial charge in [0.15, 0.2) is 0 Å². The SMILES string of the molecule is c1ccc(-c2ccc(-c3ccc(N(c4ccc(-c5ccc(-c6ccccc6)cc5)cc4)c4ccc(-c5ccc(N(c6ccc(-c7ccccc7)cc6)c6ccc(-c7cccc(-c8ccccc8)c7)cc6)cc5)cc4)cc3)cc2)cc1. The fourth-order valence-electron chi connectivity index (χ4n) is 10.8. The van der Waals surface area contributed by atoms with Crippen LogP contribution < -0.4 is 9.80 Å². The van der Waals surface area contributed by atoms with Crippen LogP contribution in [0.25, 0.3) is 89.0 Å². The van der Waals surface area contributed by atoms with Gasteiger partial charge >= 0.3 is 0 Å². The molecule has 0 radical (unpaired) electrons. The Bertz CT molecular complexity index is 3980. The van der Waals surface area contributed by atoms with Gasteiger partial charge in [0.2, 0.25) is 0 Å². The van der Waals surface area contributed by atoms with Crippen LogP contribution in [0.3, 0.4) is 0 Å². The molecule has 0 saturated carbocycles. The van der Waals surface area contributed by atoms with E-state index in [-0.39, 0.29) is 0 Å². The Labute approximate surface area is 470 Å². The van der Waals surface area contributed by atoms with Crippen molar-refractivity contribution in [3.8, 4) is 89.0 Å². The zero-order valence-electron chi connectivity index (χ0n) is 44.2. The fourth-order valence-corrected chi connectivity index (χ4v) is 10.8. The predicted molar refractivity (Wildman–Crippen MR) is 339 cm³/mol. The molecule has 0 amide bonds. The van der Waals surface area contributed by atoms with E-state index in [4.69, 9.17) is 0 Å². The molecular formula is C78H56N2. The summed E-state index contributed by atoms with van der Waals surface area (Å²) in [5.41, 5.74) is 25.5. The summed E-state index contributed by atoms with van der Waals surface area (Å²) in [4.78, 5) is 4.70. The highest BCUT2D eigenvalue weighted by molar-refractivity contribution is 5.85. The molecule has 0 N–H and O–H groups in total. The summed E-state index contributed by atoms with van der Waals surface area (Å²) in [5.74, 6) is 0. The van der Waals surface area contributed by atoms with Gasteiger partial charge in [-0.25, -0.2) is 0 Å². The van der Waals surface area contributed by atoms with E-state index in [1.165, 1.54) is 77.9 Å². The van der Waals surface area contributed by atoms with Crippen molar-refractivity contribution in [2.75, 3.05) is 9.80 Å². The van der Waals surface area contributed by atoms with E-state index in [2.05, 4.69) is 350 Å². The van der Waals surface area contributed by atoms with Crippen molar-refractivity contribution in [2.45, 2.75) is 0 Å². The first kappa shape index (κ1) is 49.1. The molecule has 0 aromatic heterocycles. The molecule has 378 valence electrons. The minimum Gasteiger partial charge on any atom is -0.311 e. The van der Waals surface area contributed by atoms with Gasteiger partial charge in [-0.15, -0.1) is 0 Å². The van der Waals surface area contributed by atoms with Crippen LogP contribution in [0.4, 0.5) is 34.1 Å². The zero-order chi connectivity index (χ0) is 53.5. The monoisotopic (exact) mass is 1020 g/mol. The summed E-state index contributed by atoms with van der Waals surface area (Å²) >= 11 is 0. The Kier molecular flexibility index (Phi) is 13.8. The van der Waals surface area contributed by atoms with Crippen LogP contribution in [0, 0.1) is 0 Å². The van der Waals surface area contributed by atoms with Gasteiger partial charge in [0.05, 0.1) is 0 Å². The van der Waals surface area contributed by atoms with Gasteiger partial charge in [0.25, 0.3) is 0 Å². The van der Waals surface area contributed by atoms with Crippen molar-refractivity contribution >= 4 is 34.1 Å². The normalized spacial score (nSPS) is 11.0. The number of hydrogen-bond acceptors (Lipinski definition) is 2. The molecular weight excluding hydrogens is 965 g/mol. The molecule has 0 aliphatic rings. The molecule has 0 bridgehead atoms. The lowest BCUT2D eigenvalue weighted by Gasteiger charge is -2.27. The largest absolute Gasteiger partial charge is 0.311 e. The third-order valence-corrected chi connectivity index (χ3v) is 15.1. The van der Waals surface area contributed by atoms with Crippen molar-refractivity contribution in [2.24, 2.45) is 0 Å². The number of rotatable bonds is 14. The summed E-state index contributed by atoms with van der Waals surface area (Å²) in [5, 5.41) is 0. The van der Waals surface area contributed by atoms with Gasteiger partial charge in [-0.3, -0.25) is 0 Å². The van der Waals surface area contributed by atoms with E-state index in [0.717, 1.165) is 45.3 Å². The maximum Gasteiger partial charge on any atom is 0.0462 e. The quantitative estimate of drug-likeness (QED) is 0.107. The first-order valence-electron chi connectivity index (χ1n) is 27.4. The second-order valence-corrected chi connectivity index (χ2v) is 20.2. The van der Waals surface area contributed by atoms with Crippen LogP contribution in [0.5, 0.6) is 0 Å². The molecule has 13 rings (SSSR count). The fraction of sp³-hybridized carbons (Fsp3) is 0. The van der Waals surface area contributed by atoms with Crippen molar-refractivity contribution in [1.29, 1.82) is 0 Å². The van der Waals surface area contributed by atoms with Gasteiger partial charge in [0, 0.05) is 34.1 Å². The van der Waals surface area contributed by atoms with E-state index in [1.54, 1.807) is 0 Å². The smallest absolute Gasteiger partial charge is 0.0462 e. The Morgan fingerprint density at radius 1 is 0.113 bits per heavy atom. The highest BCUT2D eigenvalue weighted by atomic mass is 15.1. The Balaban J connectivity index is 0.799. The molecule has 2 heteroatoms. The van der Waals surface area contributed by atoms with Crippen molar-refractivity contribution in [1.82, 2.24) is 0 Å². The lowest BCUT2D eigenvalue weighted by molar-refractivity contribution is 1.28. The first-order chi connectivity index (χ1) is 39.6.